The Balaban J connectivity index is 1.89. The van der Waals surface area contributed by atoms with Crippen LogP contribution in [0.15, 0.2) is 34.4 Å². The second-order valence-corrected chi connectivity index (χ2v) is 6.73. The lowest BCUT2D eigenvalue weighted by Crippen LogP contribution is -2.18. The van der Waals surface area contributed by atoms with Crippen LogP contribution < -0.4 is 5.56 Å². The number of carbonyl (C=O) groups is 1. The van der Waals surface area contributed by atoms with Crippen molar-refractivity contribution in [2.75, 3.05) is 7.11 Å². The average molecular weight is 378 g/mol. The quantitative estimate of drug-likeness (QED) is 0.691. The van der Waals surface area contributed by atoms with Crippen molar-refractivity contribution in [1.82, 2.24) is 14.8 Å². The number of carbonyl (C=O) groups excluding carboxylic acids is 1. The van der Waals surface area contributed by atoms with Crippen molar-refractivity contribution in [2.24, 2.45) is 0 Å². The molecule has 0 amide bonds. The van der Waals surface area contributed by atoms with Gasteiger partial charge in [0, 0.05) is 33.6 Å². The summed E-state index contributed by atoms with van der Waals surface area (Å²) in [6.07, 6.45) is 0.495. The van der Waals surface area contributed by atoms with Crippen LogP contribution in [0.1, 0.15) is 17.7 Å². The van der Waals surface area contributed by atoms with Crippen LogP contribution in [0, 0.1) is 6.92 Å². The summed E-state index contributed by atoms with van der Waals surface area (Å²) in [5, 5.41) is 6.11. The van der Waals surface area contributed by atoms with E-state index in [1.165, 1.54) is 23.1 Å². The molecule has 0 aliphatic heterocycles. The first-order valence-electron chi connectivity index (χ1n) is 7.58. The third-order valence-electron chi connectivity index (χ3n) is 3.82. The highest BCUT2D eigenvalue weighted by Gasteiger charge is 2.16. The molecule has 8 heteroatoms. The number of aromatic nitrogens is 3. The number of benzene rings is 1. The predicted molar refractivity (Wildman–Crippen MR) is 97.6 cm³/mol. The normalized spacial score (nSPS) is 10.8. The van der Waals surface area contributed by atoms with Crippen LogP contribution in [0.3, 0.4) is 0 Å². The summed E-state index contributed by atoms with van der Waals surface area (Å²) in [7, 11) is 1.33. The molecule has 0 spiro atoms. The molecule has 3 rings (SSSR count). The molecule has 0 fully saturated rings. The number of ether oxygens (including phenoxy) is 1. The number of aromatic amines is 1. The molecule has 6 nitrogen and oxygen atoms in total. The number of H-pyrrole nitrogens is 1. The second kappa shape index (κ2) is 7.25. The first-order valence-corrected chi connectivity index (χ1v) is 8.84. The fourth-order valence-electron chi connectivity index (χ4n) is 2.46. The molecule has 2 aromatic heterocycles. The van der Waals surface area contributed by atoms with E-state index in [1.54, 1.807) is 19.1 Å². The molecule has 0 bridgehead atoms. The fraction of sp³-hybridized carbons (Fsp3) is 0.235. The Bertz CT molecular complexity index is 956. The van der Waals surface area contributed by atoms with Gasteiger partial charge in [0.25, 0.3) is 5.56 Å². The predicted octanol–water partition coefficient (Wildman–Crippen LogP) is 3.36. The first kappa shape index (κ1) is 17.4. The number of methoxy groups -OCH3 is 1. The molecular weight excluding hydrogens is 362 g/mol. The lowest BCUT2D eigenvalue weighted by atomic mass is 10.1. The summed E-state index contributed by atoms with van der Waals surface area (Å²) in [5.74, 6) is -0.342. The Morgan fingerprint density at radius 1 is 1.36 bits per heavy atom. The molecule has 1 aromatic carbocycles. The number of aryl methyl sites for hydroxylation is 1. The lowest BCUT2D eigenvalue weighted by Gasteiger charge is -1.97. The maximum atomic E-state index is 12.6. The van der Waals surface area contributed by atoms with Gasteiger partial charge in [-0.1, -0.05) is 23.7 Å². The molecule has 0 aliphatic carbocycles. The summed E-state index contributed by atoms with van der Waals surface area (Å²) < 4.78 is 6.03. The van der Waals surface area contributed by atoms with Gasteiger partial charge >= 0.3 is 5.97 Å². The van der Waals surface area contributed by atoms with Crippen LogP contribution in [-0.2, 0) is 16.0 Å². The van der Waals surface area contributed by atoms with E-state index in [1.807, 2.05) is 17.5 Å². The first-order chi connectivity index (χ1) is 12.0. The topological polar surface area (TPSA) is 77.0 Å². The molecule has 130 valence electrons. The van der Waals surface area contributed by atoms with E-state index >= 15 is 0 Å². The van der Waals surface area contributed by atoms with Crippen LogP contribution in [0.2, 0.25) is 5.02 Å². The summed E-state index contributed by atoms with van der Waals surface area (Å²) in [4.78, 5) is 28.4. The van der Waals surface area contributed by atoms with Gasteiger partial charge in [-0.15, -0.1) is 11.3 Å². The summed E-state index contributed by atoms with van der Waals surface area (Å²) in [5.41, 5.74) is 2.78. The molecule has 0 unspecified atom stereocenters. The summed E-state index contributed by atoms with van der Waals surface area (Å²) in [6, 6.07) is 7.36. The summed E-state index contributed by atoms with van der Waals surface area (Å²) >= 11 is 7.27. The maximum Gasteiger partial charge on any atom is 0.305 e. The zero-order chi connectivity index (χ0) is 18.0. The van der Waals surface area contributed by atoms with Crippen LogP contribution in [0.4, 0.5) is 0 Å². The zero-order valence-electron chi connectivity index (χ0n) is 13.7. The van der Waals surface area contributed by atoms with Crippen LogP contribution >= 0.6 is 22.9 Å². The standard InChI is InChI=1S/C17H16ClN3O3S/c1-10-13(7-8-15(22)24-2)16(23)21(20-10)17-19-14(9-25-17)11-3-5-12(18)6-4-11/h3-6,9,20H,7-8H2,1-2H3. The Morgan fingerprint density at radius 3 is 2.76 bits per heavy atom. The number of hydrogen-bond donors (Lipinski definition) is 1. The molecule has 25 heavy (non-hydrogen) atoms. The van der Waals surface area contributed by atoms with Gasteiger partial charge < -0.3 is 4.74 Å². The van der Waals surface area contributed by atoms with E-state index in [9.17, 15) is 9.59 Å². The van der Waals surface area contributed by atoms with Gasteiger partial charge in [0.15, 0.2) is 0 Å². The average Bonchev–Trinajstić information content (AvgIpc) is 3.19. The highest BCUT2D eigenvalue weighted by Crippen LogP contribution is 2.24. The van der Waals surface area contributed by atoms with Crippen LogP contribution in [0.25, 0.3) is 16.4 Å². The van der Waals surface area contributed by atoms with Gasteiger partial charge in [-0.25, -0.2) is 4.98 Å². The van der Waals surface area contributed by atoms with Gasteiger partial charge in [-0.05, 0) is 25.5 Å². The number of hydrogen-bond acceptors (Lipinski definition) is 5. The number of rotatable bonds is 5. The smallest absolute Gasteiger partial charge is 0.305 e. The van der Waals surface area contributed by atoms with Gasteiger partial charge in [0.1, 0.15) is 0 Å². The number of halogens is 1. The van der Waals surface area contributed by atoms with Crippen molar-refractivity contribution in [3.05, 3.63) is 56.3 Å². The highest BCUT2D eigenvalue weighted by molar-refractivity contribution is 7.12. The minimum Gasteiger partial charge on any atom is -0.469 e. The Morgan fingerprint density at radius 2 is 2.08 bits per heavy atom. The third kappa shape index (κ3) is 3.67. The minimum atomic E-state index is -0.342. The Labute approximate surface area is 153 Å². The van der Waals surface area contributed by atoms with E-state index in [0.717, 1.165) is 17.0 Å². The summed E-state index contributed by atoms with van der Waals surface area (Å²) in [6.45, 7) is 1.80. The number of esters is 1. The molecule has 2 heterocycles. The van der Waals surface area contributed by atoms with Gasteiger partial charge in [-0.2, -0.15) is 4.68 Å². The van der Waals surface area contributed by atoms with E-state index in [0.29, 0.717) is 22.1 Å². The molecule has 0 aliphatic rings. The number of nitrogens with zero attached hydrogens (tertiary/aromatic N) is 2. The fourth-order valence-corrected chi connectivity index (χ4v) is 3.38. The van der Waals surface area contributed by atoms with Crippen molar-refractivity contribution >= 4 is 28.9 Å². The molecule has 1 N–H and O–H groups in total. The van der Waals surface area contributed by atoms with Crippen molar-refractivity contribution in [3.8, 4) is 16.4 Å². The van der Waals surface area contributed by atoms with Gasteiger partial charge in [0.2, 0.25) is 5.13 Å². The van der Waals surface area contributed by atoms with E-state index in [-0.39, 0.29) is 17.9 Å². The monoisotopic (exact) mass is 377 g/mol. The van der Waals surface area contributed by atoms with Crippen molar-refractivity contribution in [3.63, 3.8) is 0 Å². The van der Waals surface area contributed by atoms with E-state index < -0.39 is 0 Å². The van der Waals surface area contributed by atoms with Crippen molar-refractivity contribution in [2.45, 2.75) is 19.8 Å². The highest BCUT2D eigenvalue weighted by atomic mass is 35.5. The molecule has 0 radical (unpaired) electrons. The number of thiazole rings is 1. The minimum absolute atomic E-state index is 0.165. The van der Waals surface area contributed by atoms with Crippen molar-refractivity contribution < 1.29 is 9.53 Å². The molecule has 0 saturated heterocycles. The second-order valence-electron chi connectivity index (χ2n) is 5.45. The van der Waals surface area contributed by atoms with Gasteiger partial charge in [0.05, 0.1) is 12.8 Å². The Kier molecular flexibility index (Phi) is 5.06. The maximum absolute atomic E-state index is 12.6. The third-order valence-corrected chi connectivity index (χ3v) is 4.90. The molecular formula is C17H16ClN3O3S. The van der Waals surface area contributed by atoms with Crippen LogP contribution in [0.5, 0.6) is 0 Å². The zero-order valence-corrected chi connectivity index (χ0v) is 15.3. The SMILES string of the molecule is COC(=O)CCc1c(C)[nH]n(-c2nc(-c3ccc(Cl)cc3)cs2)c1=O. The Hall–Kier alpha value is -2.38. The van der Waals surface area contributed by atoms with E-state index in [2.05, 4.69) is 14.8 Å². The molecule has 3 aromatic rings. The molecule has 0 atom stereocenters. The lowest BCUT2D eigenvalue weighted by molar-refractivity contribution is -0.140. The molecule has 0 saturated carbocycles. The largest absolute Gasteiger partial charge is 0.469 e. The van der Waals surface area contributed by atoms with Crippen molar-refractivity contribution in [1.29, 1.82) is 0 Å². The van der Waals surface area contributed by atoms with Crippen LogP contribution in [-0.4, -0.2) is 27.8 Å². The number of nitrogens with one attached hydrogen (secondary N) is 1. The van der Waals surface area contributed by atoms with Gasteiger partial charge in [-0.3, -0.25) is 14.7 Å². The van der Waals surface area contributed by atoms with E-state index in [4.69, 9.17) is 11.6 Å².